The number of halogens is 2. The van der Waals surface area contributed by atoms with E-state index in [0.29, 0.717) is 17.7 Å². The summed E-state index contributed by atoms with van der Waals surface area (Å²) in [6.07, 6.45) is 0. The highest BCUT2D eigenvalue weighted by molar-refractivity contribution is 5.97. The largest absolute Gasteiger partial charge is 0.461 e. The van der Waals surface area contributed by atoms with Crippen LogP contribution < -0.4 is 5.32 Å². The molecule has 0 aliphatic carbocycles. The van der Waals surface area contributed by atoms with Gasteiger partial charge in [0.25, 0.3) is 5.91 Å². The second-order valence-corrected chi connectivity index (χ2v) is 6.32. The summed E-state index contributed by atoms with van der Waals surface area (Å²) in [4.78, 5) is 14.4. The van der Waals surface area contributed by atoms with E-state index in [4.69, 9.17) is 4.42 Å². The molecular weight excluding hydrogens is 355 g/mol. The first-order chi connectivity index (χ1) is 12.0. The Bertz CT molecular complexity index is 908. The highest BCUT2D eigenvalue weighted by Crippen LogP contribution is 2.22. The molecule has 1 heterocycles. The van der Waals surface area contributed by atoms with Gasteiger partial charge in [-0.05, 0) is 51.4 Å². The molecule has 1 atom stereocenters. The molecular formula is C20H22ClFN2O2. The van der Waals surface area contributed by atoms with Crippen molar-refractivity contribution in [3.05, 3.63) is 71.2 Å². The van der Waals surface area contributed by atoms with Crippen molar-refractivity contribution in [1.82, 2.24) is 10.2 Å². The molecule has 26 heavy (non-hydrogen) atoms. The van der Waals surface area contributed by atoms with Crippen molar-refractivity contribution < 1.29 is 13.6 Å². The topological polar surface area (TPSA) is 45.5 Å². The van der Waals surface area contributed by atoms with Gasteiger partial charge in [-0.25, -0.2) is 4.39 Å². The number of carbonyl (C=O) groups is 1. The summed E-state index contributed by atoms with van der Waals surface area (Å²) >= 11 is 0. The van der Waals surface area contributed by atoms with Crippen molar-refractivity contribution in [3.8, 4) is 0 Å². The van der Waals surface area contributed by atoms with Crippen LogP contribution in [0.5, 0.6) is 0 Å². The van der Waals surface area contributed by atoms with E-state index < -0.39 is 0 Å². The van der Waals surface area contributed by atoms with Crippen LogP contribution in [0.25, 0.3) is 11.0 Å². The van der Waals surface area contributed by atoms with E-state index in [2.05, 4.69) is 5.32 Å². The number of carbonyl (C=O) groups excluding carboxylic acids is 1. The van der Waals surface area contributed by atoms with Crippen LogP contribution in [-0.4, -0.2) is 31.4 Å². The minimum atomic E-state index is -0.272. The fraction of sp³-hybridized carbons (Fsp3) is 0.250. The SMILES string of the molecule is Cc1cc2cc(C(=O)NCC(c3ccccc3F)N(C)C)ccc2o1.Cl. The van der Waals surface area contributed by atoms with Gasteiger partial charge < -0.3 is 14.6 Å². The fourth-order valence-electron chi connectivity index (χ4n) is 2.92. The van der Waals surface area contributed by atoms with E-state index in [-0.39, 0.29) is 30.2 Å². The highest BCUT2D eigenvalue weighted by atomic mass is 35.5. The van der Waals surface area contributed by atoms with E-state index in [9.17, 15) is 9.18 Å². The predicted octanol–water partition coefficient (Wildman–Crippen LogP) is 4.33. The van der Waals surface area contributed by atoms with Crippen molar-refractivity contribution in [2.45, 2.75) is 13.0 Å². The number of rotatable bonds is 5. The van der Waals surface area contributed by atoms with Gasteiger partial charge in [0.15, 0.2) is 0 Å². The number of likely N-dealkylation sites (N-methyl/N-ethyl adjacent to an activating group) is 1. The van der Waals surface area contributed by atoms with Gasteiger partial charge in [-0.1, -0.05) is 18.2 Å². The quantitative estimate of drug-likeness (QED) is 0.720. The van der Waals surface area contributed by atoms with Crippen molar-refractivity contribution in [1.29, 1.82) is 0 Å². The maximum absolute atomic E-state index is 14.1. The predicted molar refractivity (Wildman–Crippen MR) is 103 cm³/mol. The third kappa shape index (κ3) is 4.23. The zero-order valence-electron chi connectivity index (χ0n) is 15.0. The molecule has 6 heteroatoms. The first-order valence-corrected chi connectivity index (χ1v) is 8.15. The maximum atomic E-state index is 14.1. The lowest BCUT2D eigenvalue weighted by Crippen LogP contribution is -2.35. The molecule has 0 saturated carbocycles. The van der Waals surface area contributed by atoms with Crippen molar-refractivity contribution >= 4 is 29.3 Å². The van der Waals surface area contributed by atoms with Crippen LogP contribution in [-0.2, 0) is 0 Å². The van der Waals surface area contributed by atoms with Crippen LogP contribution in [0, 0.1) is 12.7 Å². The second kappa shape index (κ2) is 8.34. The number of hydrogen-bond acceptors (Lipinski definition) is 3. The Morgan fingerprint density at radius 1 is 1.19 bits per heavy atom. The normalized spacial score (nSPS) is 12.0. The van der Waals surface area contributed by atoms with E-state index in [1.807, 2.05) is 32.0 Å². The number of fused-ring (bicyclic) bond motifs is 1. The summed E-state index contributed by atoms with van der Waals surface area (Å²) in [5.41, 5.74) is 1.87. The summed E-state index contributed by atoms with van der Waals surface area (Å²) in [6, 6.07) is 13.6. The molecule has 0 aliphatic rings. The number of aryl methyl sites for hydroxylation is 1. The van der Waals surface area contributed by atoms with Gasteiger partial charge in [0.2, 0.25) is 0 Å². The zero-order chi connectivity index (χ0) is 18.0. The van der Waals surface area contributed by atoms with Crippen LogP contribution in [0.3, 0.4) is 0 Å². The summed E-state index contributed by atoms with van der Waals surface area (Å²) in [6.45, 7) is 2.19. The fourth-order valence-corrected chi connectivity index (χ4v) is 2.92. The van der Waals surface area contributed by atoms with Crippen LogP contribution in [0.15, 0.2) is 52.9 Å². The standard InChI is InChI=1S/C20H21FN2O2.ClH/c1-13-10-15-11-14(8-9-19(15)25-13)20(24)22-12-18(23(2)3)16-6-4-5-7-17(16)21;/h4-11,18H,12H2,1-3H3,(H,22,24);1H. The van der Waals surface area contributed by atoms with Crippen LogP contribution >= 0.6 is 12.4 Å². The number of nitrogens with zero attached hydrogens (tertiary/aromatic N) is 1. The van der Waals surface area contributed by atoms with E-state index in [1.165, 1.54) is 6.07 Å². The van der Waals surface area contributed by atoms with Crippen LogP contribution in [0.4, 0.5) is 4.39 Å². The van der Waals surface area contributed by atoms with Crippen molar-refractivity contribution in [2.75, 3.05) is 20.6 Å². The zero-order valence-corrected chi connectivity index (χ0v) is 15.8. The molecule has 0 spiro atoms. The molecule has 1 N–H and O–H groups in total. The molecule has 1 unspecified atom stereocenters. The first-order valence-electron chi connectivity index (χ1n) is 8.15. The number of benzene rings is 2. The Balaban J connectivity index is 0.00000243. The number of hydrogen-bond donors (Lipinski definition) is 1. The third-order valence-corrected chi connectivity index (χ3v) is 4.25. The molecule has 0 aliphatic heterocycles. The Labute approximate surface area is 158 Å². The molecule has 3 rings (SSSR count). The number of nitrogens with one attached hydrogen (secondary N) is 1. The first kappa shape index (κ1) is 19.9. The summed E-state index contributed by atoms with van der Waals surface area (Å²) in [5, 5.41) is 3.79. The van der Waals surface area contributed by atoms with Gasteiger partial charge in [-0.2, -0.15) is 0 Å². The Kier molecular flexibility index (Phi) is 6.40. The molecule has 1 aromatic heterocycles. The average molecular weight is 377 g/mol. The maximum Gasteiger partial charge on any atom is 0.251 e. The minimum Gasteiger partial charge on any atom is -0.461 e. The molecule has 0 bridgehead atoms. The monoisotopic (exact) mass is 376 g/mol. The molecule has 0 fully saturated rings. The Morgan fingerprint density at radius 2 is 1.92 bits per heavy atom. The van der Waals surface area contributed by atoms with Gasteiger partial charge in [-0.15, -0.1) is 12.4 Å². The second-order valence-electron chi connectivity index (χ2n) is 6.32. The summed E-state index contributed by atoms with van der Waals surface area (Å²) in [7, 11) is 3.73. The number of furan rings is 1. The van der Waals surface area contributed by atoms with Crippen molar-refractivity contribution in [3.63, 3.8) is 0 Å². The summed E-state index contributed by atoms with van der Waals surface area (Å²) < 4.78 is 19.6. The molecule has 138 valence electrons. The Morgan fingerprint density at radius 3 is 2.62 bits per heavy atom. The number of amides is 1. The van der Waals surface area contributed by atoms with Gasteiger partial charge >= 0.3 is 0 Å². The van der Waals surface area contributed by atoms with Crippen LogP contribution in [0.2, 0.25) is 0 Å². The third-order valence-electron chi connectivity index (χ3n) is 4.25. The lowest BCUT2D eigenvalue weighted by Gasteiger charge is -2.25. The van der Waals surface area contributed by atoms with Gasteiger partial charge in [-0.3, -0.25) is 4.79 Å². The Hall–Kier alpha value is -2.37. The van der Waals surface area contributed by atoms with Gasteiger partial charge in [0.1, 0.15) is 17.2 Å². The molecule has 3 aromatic rings. The van der Waals surface area contributed by atoms with E-state index >= 15 is 0 Å². The van der Waals surface area contributed by atoms with Gasteiger partial charge in [0.05, 0.1) is 6.04 Å². The summed E-state index contributed by atoms with van der Waals surface area (Å²) in [5.74, 6) is 0.342. The molecule has 4 nitrogen and oxygen atoms in total. The molecule has 0 radical (unpaired) electrons. The van der Waals surface area contributed by atoms with Gasteiger partial charge in [0, 0.05) is 23.1 Å². The average Bonchev–Trinajstić information content (AvgIpc) is 2.95. The molecule has 2 aromatic carbocycles. The highest BCUT2D eigenvalue weighted by Gasteiger charge is 2.19. The van der Waals surface area contributed by atoms with E-state index in [1.54, 1.807) is 36.4 Å². The lowest BCUT2D eigenvalue weighted by atomic mass is 10.0. The molecule has 0 saturated heterocycles. The van der Waals surface area contributed by atoms with E-state index in [0.717, 1.165) is 16.7 Å². The smallest absolute Gasteiger partial charge is 0.251 e. The lowest BCUT2D eigenvalue weighted by molar-refractivity contribution is 0.0941. The minimum absolute atomic E-state index is 0. The van der Waals surface area contributed by atoms with Crippen molar-refractivity contribution in [2.24, 2.45) is 0 Å². The van der Waals surface area contributed by atoms with Crippen LogP contribution in [0.1, 0.15) is 27.7 Å². The molecule has 1 amide bonds.